The third kappa shape index (κ3) is 5.68. The van der Waals surface area contributed by atoms with Crippen LogP contribution in [0.2, 0.25) is 0 Å². The molecule has 7 nitrogen and oxygen atoms in total. The molecular formula is C29H29F7N4O3S. The fourth-order valence-corrected chi connectivity index (χ4v) is 8.64. The molecule has 2 atom stereocenters. The van der Waals surface area contributed by atoms with Crippen LogP contribution in [-0.2, 0) is 27.5 Å². The van der Waals surface area contributed by atoms with Crippen molar-refractivity contribution in [2.45, 2.75) is 79.4 Å². The van der Waals surface area contributed by atoms with Crippen LogP contribution in [0.3, 0.4) is 0 Å². The molecule has 1 heterocycles. The van der Waals surface area contributed by atoms with Gasteiger partial charge < -0.3 is 10.6 Å². The van der Waals surface area contributed by atoms with Gasteiger partial charge in [0, 0.05) is 24.5 Å². The SMILES string of the molecule is O=C(NCCC(F)(F)F)C1N=C([C@H]2CC3(N(Cc4ccc(C(F)(F)F)cc4)S(=O)(=O)c4ccc(F)cc4)CC2C3)NC12CC2. The molecule has 2 aromatic rings. The fourth-order valence-electron chi connectivity index (χ4n) is 6.85. The van der Waals surface area contributed by atoms with Gasteiger partial charge in [-0.1, -0.05) is 12.1 Å². The molecule has 1 spiro atoms. The van der Waals surface area contributed by atoms with Crippen molar-refractivity contribution in [2.75, 3.05) is 6.54 Å². The van der Waals surface area contributed by atoms with Crippen LogP contribution >= 0.6 is 0 Å². The molecule has 238 valence electrons. The molecule has 0 aromatic heterocycles. The Balaban J connectivity index is 1.25. The number of sulfonamides is 1. The highest BCUT2D eigenvalue weighted by Gasteiger charge is 2.65. The second-order valence-electron chi connectivity index (χ2n) is 12.2. The lowest BCUT2D eigenvalue weighted by Gasteiger charge is -2.46. The Morgan fingerprint density at radius 1 is 0.977 bits per heavy atom. The lowest BCUT2D eigenvalue weighted by molar-refractivity contribution is -0.138. The van der Waals surface area contributed by atoms with Gasteiger partial charge in [-0.15, -0.1) is 0 Å². The standard InChI is InChI=1S/C29H29F7N4O3S/c30-20-5-7-21(8-6-20)44(42,43)40(16-17-1-3-19(4-2-17)29(34,35)36)26-13-18(14-26)22(15-26)24-38-23(27(39-24)9-10-27)25(41)37-12-11-28(31,32)33/h1-8,18,22-23H,9-16H2,(H,37,41)(H,38,39)/t18?,22-,23?,26?/m0/s1. The van der Waals surface area contributed by atoms with Crippen molar-refractivity contribution in [2.24, 2.45) is 16.8 Å². The topological polar surface area (TPSA) is 90.9 Å². The molecule has 7 rings (SSSR count). The smallest absolute Gasteiger partial charge is 0.365 e. The maximum atomic E-state index is 14.0. The zero-order valence-electron chi connectivity index (χ0n) is 23.2. The average Bonchev–Trinajstić information content (AvgIpc) is 3.26. The summed E-state index contributed by atoms with van der Waals surface area (Å²) in [4.78, 5) is 17.3. The monoisotopic (exact) mass is 646 g/mol. The Labute approximate surface area is 249 Å². The summed E-state index contributed by atoms with van der Waals surface area (Å²) in [5.74, 6) is -0.951. The predicted octanol–water partition coefficient (Wildman–Crippen LogP) is 5.18. The number of halogens is 7. The summed E-state index contributed by atoms with van der Waals surface area (Å²) in [6.45, 7) is -0.777. The van der Waals surface area contributed by atoms with Gasteiger partial charge in [0.25, 0.3) is 0 Å². The van der Waals surface area contributed by atoms with E-state index in [4.69, 9.17) is 0 Å². The highest BCUT2D eigenvalue weighted by molar-refractivity contribution is 7.89. The van der Waals surface area contributed by atoms with Gasteiger partial charge in [-0.25, -0.2) is 12.8 Å². The van der Waals surface area contributed by atoms with E-state index < -0.39 is 69.7 Å². The van der Waals surface area contributed by atoms with Crippen LogP contribution in [0.5, 0.6) is 0 Å². The number of hydrogen-bond acceptors (Lipinski definition) is 5. The third-order valence-corrected chi connectivity index (χ3v) is 11.2. The summed E-state index contributed by atoms with van der Waals surface area (Å²) < 4.78 is 120. The van der Waals surface area contributed by atoms with Crippen LogP contribution < -0.4 is 10.6 Å². The van der Waals surface area contributed by atoms with Crippen LogP contribution in [0.1, 0.15) is 49.7 Å². The first-order chi connectivity index (χ1) is 20.5. The number of fused-ring (bicyclic) bond motifs is 1. The number of rotatable bonds is 9. The van der Waals surface area contributed by atoms with E-state index in [0.29, 0.717) is 43.5 Å². The molecule has 4 saturated carbocycles. The summed E-state index contributed by atoms with van der Waals surface area (Å²) in [5, 5.41) is 5.66. The minimum Gasteiger partial charge on any atom is -0.365 e. The molecule has 4 fully saturated rings. The quantitative estimate of drug-likeness (QED) is 0.368. The molecule has 4 aliphatic carbocycles. The summed E-state index contributed by atoms with van der Waals surface area (Å²) in [7, 11) is -4.23. The summed E-state index contributed by atoms with van der Waals surface area (Å²) in [6, 6.07) is 7.68. The highest BCUT2D eigenvalue weighted by Crippen LogP contribution is 2.61. The van der Waals surface area contributed by atoms with Crippen molar-refractivity contribution in [1.82, 2.24) is 14.9 Å². The number of benzene rings is 2. The number of carbonyl (C=O) groups excluding carboxylic acids is 1. The molecule has 0 saturated heterocycles. The Kier molecular flexibility index (Phi) is 7.30. The molecule has 1 amide bonds. The number of nitrogens with one attached hydrogen (secondary N) is 2. The van der Waals surface area contributed by atoms with E-state index in [0.717, 1.165) is 36.4 Å². The molecule has 1 unspecified atom stereocenters. The van der Waals surface area contributed by atoms with Crippen LogP contribution in [0.15, 0.2) is 58.4 Å². The Bertz CT molecular complexity index is 1560. The normalized spacial score (nSPS) is 27.2. The number of amidine groups is 1. The first-order valence-electron chi connectivity index (χ1n) is 14.2. The van der Waals surface area contributed by atoms with Gasteiger partial charge >= 0.3 is 12.4 Å². The van der Waals surface area contributed by atoms with Gasteiger partial charge in [-0.3, -0.25) is 9.79 Å². The molecule has 1 aliphatic heterocycles. The molecule has 2 bridgehead atoms. The van der Waals surface area contributed by atoms with Crippen molar-refractivity contribution in [3.8, 4) is 0 Å². The highest BCUT2D eigenvalue weighted by atomic mass is 32.2. The molecule has 0 radical (unpaired) electrons. The van der Waals surface area contributed by atoms with Crippen LogP contribution in [-0.4, -0.2) is 54.3 Å². The van der Waals surface area contributed by atoms with E-state index in [-0.39, 0.29) is 23.3 Å². The number of carbonyl (C=O) groups is 1. The second-order valence-corrected chi connectivity index (χ2v) is 14.1. The maximum Gasteiger partial charge on any atom is 0.416 e. The molecule has 44 heavy (non-hydrogen) atoms. The van der Waals surface area contributed by atoms with E-state index in [9.17, 15) is 43.9 Å². The van der Waals surface area contributed by atoms with Crippen molar-refractivity contribution in [3.05, 3.63) is 65.5 Å². The van der Waals surface area contributed by atoms with E-state index in [1.54, 1.807) is 0 Å². The third-order valence-electron chi connectivity index (χ3n) is 9.26. The van der Waals surface area contributed by atoms with Crippen molar-refractivity contribution >= 4 is 21.8 Å². The Morgan fingerprint density at radius 3 is 2.18 bits per heavy atom. The number of alkyl halides is 6. The van der Waals surface area contributed by atoms with Gasteiger partial charge in [0.1, 0.15) is 11.7 Å². The van der Waals surface area contributed by atoms with Crippen LogP contribution in [0.25, 0.3) is 0 Å². The van der Waals surface area contributed by atoms with E-state index in [2.05, 4.69) is 15.6 Å². The lowest BCUT2D eigenvalue weighted by Crippen LogP contribution is -2.54. The van der Waals surface area contributed by atoms with Gasteiger partial charge in [0.15, 0.2) is 6.04 Å². The maximum absolute atomic E-state index is 14.0. The molecule has 15 heteroatoms. The van der Waals surface area contributed by atoms with Gasteiger partial charge in [-0.05, 0) is 80.0 Å². The number of nitrogens with zero attached hydrogens (tertiary/aromatic N) is 2. The van der Waals surface area contributed by atoms with Crippen molar-refractivity contribution < 1.29 is 43.9 Å². The van der Waals surface area contributed by atoms with Gasteiger partial charge in [0.2, 0.25) is 15.9 Å². The molecule has 2 aromatic carbocycles. The van der Waals surface area contributed by atoms with Crippen molar-refractivity contribution in [3.63, 3.8) is 0 Å². The fraction of sp³-hybridized carbons (Fsp3) is 0.517. The minimum atomic E-state index is -4.56. The number of aliphatic imine (C=N–C) groups is 1. The summed E-state index contributed by atoms with van der Waals surface area (Å²) in [6.07, 6.45) is -7.71. The zero-order valence-corrected chi connectivity index (χ0v) is 24.0. The second kappa shape index (κ2) is 10.4. The van der Waals surface area contributed by atoms with E-state index >= 15 is 0 Å². The van der Waals surface area contributed by atoms with Crippen LogP contribution in [0.4, 0.5) is 30.7 Å². The molecule has 2 N–H and O–H groups in total. The first-order valence-corrected chi connectivity index (χ1v) is 15.6. The van der Waals surface area contributed by atoms with Gasteiger partial charge in [-0.2, -0.15) is 30.6 Å². The van der Waals surface area contributed by atoms with E-state index in [1.807, 2.05) is 0 Å². The zero-order chi connectivity index (χ0) is 31.7. The number of hydrogen-bond donors (Lipinski definition) is 2. The summed E-state index contributed by atoms with van der Waals surface area (Å²) in [5.41, 5.74) is -2.10. The predicted molar refractivity (Wildman–Crippen MR) is 144 cm³/mol. The molecular weight excluding hydrogens is 617 g/mol. The Morgan fingerprint density at radius 2 is 1.61 bits per heavy atom. The first kappa shape index (κ1) is 30.8. The minimum absolute atomic E-state index is 0.00242. The summed E-state index contributed by atoms with van der Waals surface area (Å²) >= 11 is 0. The largest absolute Gasteiger partial charge is 0.416 e. The average molecular weight is 647 g/mol. The number of amides is 1. The molecule has 5 aliphatic rings. The Hall–Kier alpha value is -3.20. The van der Waals surface area contributed by atoms with E-state index in [1.165, 1.54) is 16.4 Å². The van der Waals surface area contributed by atoms with Crippen LogP contribution in [0, 0.1) is 17.7 Å². The van der Waals surface area contributed by atoms with Gasteiger partial charge in [0.05, 0.1) is 22.4 Å². The lowest BCUT2D eigenvalue weighted by atomic mass is 9.76. The van der Waals surface area contributed by atoms with Crippen molar-refractivity contribution in [1.29, 1.82) is 0 Å².